The summed E-state index contributed by atoms with van der Waals surface area (Å²) in [6.45, 7) is 5.21. The molecule has 3 heteroatoms. The van der Waals surface area contributed by atoms with E-state index in [1.807, 2.05) is 0 Å². The summed E-state index contributed by atoms with van der Waals surface area (Å²) < 4.78 is 0. The average molecular weight is 259 g/mol. The van der Waals surface area contributed by atoms with Gasteiger partial charge in [0.15, 0.2) is 0 Å². The summed E-state index contributed by atoms with van der Waals surface area (Å²) >= 11 is 0. The second kappa shape index (κ2) is 5.12. The van der Waals surface area contributed by atoms with E-state index >= 15 is 0 Å². The summed E-state index contributed by atoms with van der Waals surface area (Å²) in [5, 5.41) is 0. The first-order valence-electron chi connectivity index (χ1n) is 7.74. The lowest BCUT2D eigenvalue weighted by Gasteiger charge is -2.31. The van der Waals surface area contributed by atoms with Crippen LogP contribution in [0.4, 0.5) is 5.82 Å². The monoisotopic (exact) mass is 259 g/mol. The normalized spacial score (nSPS) is 25.9. The fraction of sp³-hybridized carbons (Fsp3) is 0.688. The number of hydrogen-bond donors (Lipinski definition) is 1. The Bertz CT molecular complexity index is 469. The van der Waals surface area contributed by atoms with Crippen molar-refractivity contribution in [3.63, 3.8) is 0 Å². The molecule has 1 saturated heterocycles. The van der Waals surface area contributed by atoms with E-state index in [9.17, 15) is 0 Å². The Labute approximate surface area is 116 Å². The molecule has 19 heavy (non-hydrogen) atoms. The van der Waals surface area contributed by atoms with Gasteiger partial charge in [-0.3, -0.25) is 0 Å². The second-order valence-electron chi connectivity index (χ2n) is 6.03. The molecule has 3 nitrogen and oxygen atoms in total. The molecule has 0 radical (unpaired) electrons. The summed E-state index contributed by atoms with van der Waals surface area (Å²) in [5.74, 6) is 1.18. The molecule has 2 aliphatic rings. The average Bonchev–Trinajstić information content (AvgIpc) is 3.02. The van der Waals surface area contributed by atoms with E-state index in [-0.39, 0.29) is 0 Å². The lowest BCUT2D eigenvalue weighted by molar-refractivity contribution is 0.617. The number of pyridine rings is 1. The SMILES string of the molecule is CCC1CCC(C)N1c1nc2c(cc1CN)CCC2. The van der Waals surface area contributed by atoms with Gasteiger partial charge in [0.2, 0.25) is 0 Å². The van der Waals surface area contributed by atoms with E-state index in [4.69, 9.17) is 10.7 Å². The molecule has 2 N–H and O–H groups in total. The highest BCUT2D eigenvalue weighted by atomic mass is 15.3. The van der Waals surface area contributed by atoms with Gasteiger partial charge in [0.1, 0.15) is 5.82 Å². The lowest BCUT2D eigenvalue weighted by atomic mass is 10.1. The quantitative estimate of drug-likeness (QED) is 0.907. The van der Waals surface area contributed by atoms with Gasteiger partial charge in [0.05, 0.1) is 0 Å². The zero-order valence-corrected chi connectivity index (χ0v) is 12.2. The lowest BCUT2D eigenvalue weighted by Crippen LogP contribution is -2.36. The van der Waals surface area contributed by atoms with Crippen LogP contribution in [-0.2, 0) is 19.4 Å². The molecule has 3 rings (SSSR count). The summed E-state index contributed by atoms with van der Waals surface area (Å²) in [4.78, 5) is 7.54. The van der Waals surface area contributed by atoms with Gasteiger partial charge in [0, 0.05) is 29.9 Å². The van der Waals surface area contributed by atoms with Crippen LogP contribution in [0.1, 0.15) is 56.4 Å². The molecule has 1 aromatic heterocycles. The number of nitrogens with zero attached hydrogens (tertiary/aromatic N) is 2. The molecule has 2 atom stereocenters. The van der Waals surface area contributed by atoms with Crippen molar-refractivity contribution in [3.05, 3.63) is 22.9 Å². The van der Waals surface area contributed by atoms with Crippen molar-refractivity contribution >= 4 is 5.82 Å². The van der Waals surface area contributed by atoms with Crippen molar-refractivity contribution in [1.82, 2.24) is 4.98 Å². The number of aryl methyl sites for hydroxylation is 2. The first kappa shape index (κ1) is 12.9. The Morgan fingerprint density at radius 2 is 2.21 bits per heavy atom. The molecule has 0 aromatic carbocycles. The smallest absolute Gasteiger partial charge is 0.133 e. The van der Waals surface area contributed by atoms with Gasteiger partial charge >= 0.3 is 0 Å². The van der Waals surface area contributed by atoms with Crippen LogP contribution in [0, 0.1) is 0 Å². The summed E-state index contributed by atoms with van der Waals surface area (Å²) in [5.41, 5.74) is 9.98. The maximum absolute atomic E-state index is 5.98. The molecule has 1 aliphatic carbocycles. The molecular weight excluding hydrogens is 234 g/mol. The Morgan fingerprint density at radius 3 is 2.95 bits per heavy atom. The number of anilines is 1. The Balaban J connectivity index is 2.03. The molecule has 0 amide bonds. The zero-order chi connectivity index (χ0) is 13.4. The van der Waals surface area contributed by atoms with E-state index in [0.29, 0.717) is 18.6 Å². The Kier molecular flexibility index (Phi) is 3.48. The minimum atomic E-state index is 0.599. The maximum Gasteiger partial charge on any atom is 0.133 e. The highest BCUT2D eigenvalue weighted by molar-refractivity contribution is 5.53. The van der Waals surface area contributed by atoms with Crippen LogP contribution in [0.15, 0.2) is 6.07 Å². The number of fused-ring (bicyclic) bond motifs is 1. The fourth-order valence-electron chi connectivity index (χ4n) is 3.74. The minimum absolute atomic E-state index is 0.599. The predicted octanol–water partition coefficient (Wildman–Crippen LogP) is 2.80. The van der Waals surface area contributed by atoms with Crippen LogP contribution >= 0.6 is 0 Å². The van der Waals surface area contributed by atoms with Crippen LogP contribution in [0.25, 0.3) is 0 Å². The summed E-state index contributed by atoms with van der Waals surface area (Å²) in [6, 6.07) is 3.57. The highest BCUT2D eigenvalue weighted by Gasteiger charge is 2.32. The van der Waals surface area contributed by atoms with Gasteiger partial charge in [-0.15, -0.1) is 0 Å². The first-order chi connectivity index (χ1) is 9.24. The van der Waals surface area contributed by atoms with Gasteiger partial charge in [-0.05, 0) is 57.1 Å². The van der Waals surface area contributed by atoms with Gasteiger partial charge in [-0.25, -0.2) is 4.98 Å². The van der Waals surface area contributed by atoms with Crippen molar-refractivity contribution in [2.75, 3.05) is 4.90 Å². The highest BCUT2D eigenvalue weighted by Crippen LogP contribution is 2.35. The summed E-state index contributed by atoms with van der Waals surface area (Å²) in [6.07, 6.45) is 7.35. The van der Waals surface area contributed by atoms with Crippen LogP contribution in [0.3, 0.4) is 0 Å². The van der Waals surface area contributed by atoms with Gasteiger partial charge in [-0.1, -0.05) is 6.92 Å². The third kappa shape index (κ3) is 2.14. The Morgan fingerprint density at radius 1 is 1.37 bits per heavy atom. The van der Waals surface area contributed by atoms with Crippen molar-refractivity contribution in [3.8, 4) is 0 Å². The largest absolute Gasteiger partial charge is 0.351 e. The van der Waals surface area contributed by atoms with Gasteiger partial charge in [0.25, 0.3) is 0 Å². The molecule has 2 heterocycles. The van der Waals surface area contributed by atoms with E-state index < -0.39 is 0 Å². The molecular formula is C16H25N3. The number of rotatable bonds is 3. The van der Waals surface area contributed by atoms with Gasteiger partial charge < -0.3 is 10.6 Å². The second-order valence-corrected chi connectivity index (χ2v) is 6.03. The molecule has 1 aliphatic heterocycles. The molecule has 1 fully saturated rings. The molecule has 104 valence electrons. The number of hydrogen-bond acceptors (Lipinski definition) is 3. The van der Waals surface area contributed by atoms with E-state index in [1.54, 1.807) is 0 Å². The first-order valence-corrected chi connectivity index (χ1v) is 7.74. The van der Waals surface area contributed by atoms with Crippen LogP contribution in [-0.4, -0.2) is 17.1 Å². The topological polar surface area (TPSA) is 42.2 Å². The predicted molar refractivity (Wildman–Crippen MR) is 79.4 cm³/mol. The van der Waals surface area contributed by atoms with Crippen LogP contribution in [0.5, 0.6) is 0 Å². The number of nitrogens with two attached hydrogens (primary N) is 1. The van der Waals surface area contributed by atoms with E-state index in [0.717, 1.165) is 6.42 Å². The van der Waals surface area contributed by atoms with E-state index in [2.05, 4.69) is 24.8 Å². The van der Waals surface area contributed by atoms with Crippen molar-refractivity contribution in [1.29, 1.82) is 0 Å². The van der Waals surface area contributed by atoms with Crippen LogP contribution < -0.4 is 10.6 Å². The van der Waals surface area contributed by atoms with Crippen LogP contribution in [0.2, 0.25) is 0 Å². The molecule has 0 bridgehead atoms. The van der Waals surface area contributed by atoms with Crippen molar-refractivity contribution in [2.24, 2.45) is 5.73 Å². The summed E-state index contributed by atoms with van der Waals surface area (Å²) in [7, 11) is 0. The molecule has 2 unspecified atom stereocenters. The fourth-order valence-corrected chi connectivity index (χ4v) is 3.74. The zero-order valence-electron chi connectivity index (χ0n) is 12.2. The minimum Gasteiger partial charge on any atom is -0.351 e. The molecule has 0 saturated carbocycles. The van der Waals surface area contributed by atoms with Crippen molar-refractivity contribution < 1.29 is 0 Å². The standard InChI is InChI=1S/C16H25N3/c1-3-14-8-7-11(2)19(14)16-13(10-17)9-12-5-4-6-15(12)18-16/h9,11,14H,3-8,10,17H2,1-2H3. The third-order valence-corrected chi connectivity index (χ3v) is 4.83. The van der Waals surface area contributed by atoms with Crippen molar-refractivity contribution in [2.45, 2.75) is 71.0 Å². The maximum atomic E-state index is 5.98. The third-order valence-electron chi connectivity index (χ3n) is 4.83. The van der Waals surface area contributed by atoms with Gasteiger partial charge in [-0.2, -0.15) is 0 Å². The Hall–Kier alpha value is -1.09. The molecule has 1 aromatic rings. The molecule has 0 spiro atoms. The number of aromatic nitrogens is 1. The van der Waals surface area contributed by atoms with E-state index in [1.165, 1.54) is 54.7 Å².